The van der Waals surface area contributed by atoms with Gasteiger partial charge in [-0.05, 0) is 12.2 Å². The Morgan fingerprint density at radius 1 is 1.58 bits per heavy atom. The third kappa shape index (κ3) is 7.58. The number of nitrogens with one attached hydrogen (secondary N) is 2. The quantitative estimate of drug-likeness (QED) is 0.243. The van der Waals surface area contributed by atoms with Gasteiger partial charge in [0.25, 0.3) is 6.43 Å². The molecule has 0 heterocycles. The Labute approximate surface area is 74.4 Å². The number of nitrogens with two attached hydrogens (primary N) is 1. The maximum Gasteiger partial charge on any atom is 0.261 e. The minimum atomic E-state index is -2.43. The molecule has 0 amide bonds. The van der Waals surface area contributed by atoms with E-state index in [1.54, 1.807) is 0 Å². The summed E-state index contributed by atoms with van der Waals surface area (Å²) in [6.07, 6.45) is -2.43. The summed E-state index contributed by atoms with van der Waals surface area (Å²) in [5.74, 6) is 4.92. The molecule has 0 spiro atoms. The van der Waals surface area contributed by atoms with E-state index in [9.17, 15) is 8.78 Å². The van der Waals surface area contributed by atoms with E-state index < -0.39 is 13.0 Å². The van der Waals surface area contributed by atoms with E-state index in [1.807, 2.05) is 0 Å². The van der Waals surface area contributed by atoms with Crippen LogP contribution in [0.1, 0.15) is 0 Å². The van der Waals surface area contributed by atoms with Gasteiger partial charge in [-0.15, -0.1) is 0 Å². The SMILES string of the molecule is NNC(=S)NCCOCC(F)F. The number of thiocarbonyl (C=S) groups is 1. The van der Waals surface area contributed by atoms with Crippen molar-refractivity contribution in [2.24, 2.45) is 5.84 Å². The molecule has 7 heteroatoms. The molecule has 0 aromatic rings. The summed E-state index contributed by atoms with van der Waals surface area (Å²) in [7, 11) is 0. The van der Waals surface area contributed by atoms with Crippen LogP contribution in [0.15, 0.2) is 0 Å². The van der Waals surface area contributed by atoms with Crippen LogP contribution in [-0.4, -0.2) is 31.3 Å². The van der Waals surface area contributed by atoms with Crippen LogP contribution >= 0.6 is 12.2 Å². The maximum absolute atomic E-state index is 11.5. The smallest absolute Gasteiger partial charge is 0.261 e. The summed E-state index contributed by atoms with van der Waals surface area (Å²) in [6.45, 7) is -0.0214. The van der Waals surface area contributed by atoms with Crippen LogP contribution < -0.4 is 16.6 Å². The second kappa shape index (κ2) is 7.14. The summed E-state index contributed by atoms with van der Waals surface area (Å²) in [4.78, 5) is 0. The van der Waals surface area contributed by atoms with Crippen molar-refractivity contribution in [2.75, 3.05) is 19.8 Å². The molecule has 0 aliphatic carbocycles. The van der Waals surface area contributed by atoms with E-state index in [4.69, 9.17) is 5.84 Å². The third-order valence-electron chi connectivity index (χ3n) is 0.907. The normalized spacial score (nSPS) is 10.0. The number of alkyl halides is 2. The van der Waals surface area contributed by atoms with Crippen LogP contribution in [-0.2, 0) is 4.74 Å². The van der Waals surface area contributed by atoms with E-state index in [-0.39, 0.29) is 11.7 Å². The first-order chi connectivity index (χ1) is 5.66. The lowest BCUT2D eigenvalue weighted by molar-refractivity contribution is 0.0197. The van der Waals surface area contributed by atoms with Crippen molar-refractivity contribution in [1.82, 2.24) is 10.7 Å². The summed E-state index contributed by atoms with van der Waals surface area (Å²) < 4.78 is 27.5. The predicted molar refractivity (Wildman–Crippen MR) is 44.7 cm³/mol. The van der Waals surface area contributed by atoms with Gasteiger partial charge in [0, 0.05) is 6.54 Å². The molecule has 0 aromatic heterocycles. The van der Waals surface area contributed by atoms with Gasteiger partial charge in [0.05, 0.1) is 6.61 Å². The molecule has 0 aliphatic rings. The minimum absolute atomic E-state index is 0.173. The lowest BCUT2D eigenvalue weighted by atomic mass is 10.6. The zero-order valence-electron chi connectivity index (χ0n) is 6.35. The second-order valence-electron chi connectivity index (χ2n) is 1.87. The van der Waals surface area contributed by atoms with Crippen molar-refractivity contribution < 1.29 is 13.5 Å². The second-order valence-corrected chi connectivity index (χ2v) is 2.27. The molecule has 4 nitrogen and oxygen atoms in total. The summed E-state index contributed by atoms with van der Waals surface area (Å²) in [6, 6.07) is 0. The van der Waals surface area contributed by atoms with E-state index in [0.29, 0.717) is 6.54 Å². The average Bonchev–Trinajstić information content (AvgIpc) is 2.03. The number of ether oxygens (including phenoxy) is 1. The lowest BCUT2D eigenvalue weighted by Crippen LogP contribution is -2.41. The van der Waals surface area contributed by atoms with Gasteiger partial charge in [-0.2, -0.15) is 0 Å². The fraction of sp³-hybridized carbons (Fsp3) is 0.800. The van der Waals surface area contributed by atoms with Crippen LogP contribution in [0.2, 0.25) is 0 Å². The largest absolute Gasteiger partial charge is 0.374 e. The Kier molecular flexibility index (Phi) is 6.82. The highest BCUT2D eigenvalue weighted by Crippen LogP contribution is 1.90. The molecule has 0 unspecified atom stereocenters. The van der Waals surface area contributed by atoms with Gasteiger partial charge >= 0.3 is 0 Å². The molecule has 0 fully saturated rings. The van der Waals surface area contributed by atoms with Crippen LogP contribution in [0.25, 0.3) is 0 Å². The highest BCUT2D eigenvalue weighted by Gasteiger charge is 2.00. The van der Waals surface area contributed by atoms with Gasteiger partial charge in [0.15, 0.2) is 5.11 Å². The van der Waals surface area contributed by atoms with Crippen molar-refractivity contribution in [3.05, 3.63) is 0 Å². The minimum Gasteiger partial charge on any atom is -0.374 e. The Morgan fingerprint density at radius 3 is 2.75 bits per heavy atom. The van der Waals surface area contributed by atoms with Crippen LogP contribution in [0, 0.1) is 0 Å². The van der Waals surface area contributed by atoms with Crippen molar-refractivity contribution >= 4 is 17.3 Å². The van der Waals surface area contributed by atoms with Gasteiger partial charge in [-0.3, -0.25) is 0 Å². The molecule has 12 heavy (non-hydrogen) atoms. The highest BCUT2D eigenvalue weighted by molar-refractivity contribution is 7.80. The fourth-order valence-corrected chi connectivity index (χ4v) is 0.562. The zero-order valence-corrected chi connectivity index (χ0v) is 7.16. The van der Waals surface area contributed by atoms with E-state index in [1.165, 1.54) is 0 Å². The summed E-state index contributed by atoms with van der Waals surface area (Å²) >= 11 is 4.61. The molecule has 0 saturated heterocycles. The molecule has 0 rings (SSSR count). The molecule has 0 radical (unpaired) electrons. The average molecular weight is 199 g/mol. The molecule has 0 bridgehead atoms. The Bertz CT molecular complexity index is 136. The lowest BCUT2D eigenvalue weighted by Gasteiger charge is -2.06. The molecule has 72 valence electrons. The van der Waals surface area contributed by atoms with Crippen LogP contribution in [0.3, 0.4) is 0 Å². The standard InChI is InChI=1S/C5H11F2N3OS/c6-4(7)3-11-2-1-9-5(12)10-8/h4H,1-3,8H2,(H2,9,10,12). The third-order valence-corrected chi connectivity index (χ3v) is 1.17. The van der Waals surface area contributed by atoms with E-state index >= 15 is 0 Å². The van der Waals surface area contributed by atoms with Crippen molar-refractivity contribution in [3.63, 3.8) is 0 Å². The van der Waals surface area contributed by atoms with Gasteiger partial charge in [0.2, 0.25) is 0 Å². The molecule has 0 aliphatic heterocycles. The van der Waals surface area contributed by atoms with Crippen LogP contribution in [0.4, 0.5) is 8.78 Å². The molecular formula is C5H11F2N3OS. The Morgan fingerprint density at radius 2 is 2.25 bits per heavy atom. The van der Waals surface area contributed by atoms with Crippen LogP contribution in [0.5, 0.6) is 0 Å². The maximum atomic E-state index is 11.5. The monoisotopic (exact) mass is 199 g/mol. The first-order valence-corrected chi connectivity index (χ1v) is 3.68. The zero-order chi connectivity index (χ0) is 9.40. The summed E-state index contributed by atoms with van der Waals surface area (Å²) in [5, 5.41) is 2.89. The molecule has 0 saturated carbocycles. The number of hydrogen-bond donors (Lipinski definition) is 3. The molecule has 0 aromatic carbocycles. The van der Waals surface area contributed by atoms with Crippen molar-refractivity contribution in [1.29, 1.82) is 0 Å². The Hall–Kier alpha value is -0.530. The van der Waals surface area contributed by atoms with Crippen molar-refractivity contribution in [3.8, 4) is 0 Å². The van der Waals surface area contributed by atoms with Crippen molar-refractivity contribution in [2.45, 2.75) is 6.43 Å². The number of hydrazine groups is 1. The van der Waals surface area contributed by atoms with Gasteiger partial charge in [0.1, 0.15) is 6.61 Å². The molecule has 4 N–H and O–H groups in total. The number of halogens is 2. The highest BCUT2D eigenvalue weighted by atomic mass is 32.1. The van der Waals surface area contributed by atoms with E-state index in [2.05, 4.69) is 27.7 Å². The number of hydrogen-bond acceptors (Lipinski definition) is 3. The molecule has 0 atom stereocenters. The summed E-state index contributed by atoms with van der Waals surface area (Å²) in [5.41, 5.74) is 2.18. The van der Waals surface area contributed by atoms with Gasteiger partial charge < -0.3 is 15.5 Å². The first kappa shape index (κ1) is 11.5. The Balaban J connectivity index is 3.05. The fourth-order valence-electron chi connectivity index (χ4n) is 0.460. The topological polar surface area (TPSA) is 59.3 Å². The van der Waals surface area contributed by atoms with Gasteiger partial charge in [-0.1, -0.05) is 0 Å². The van der Waals surface area contributed by atoms with Gasteiger partial charge in [-0.25, -0.2) is 14.6 Å². The number of rotatable bonds is 5. The van der Waals surface area contributed by atoms with E-state index in [0.717, 1.165) is 0 Å². The first-order valence-electron chi connectivity index (χ1n) is 3.27. The predicted octanol–water partition coefficient (Wildman–Crippen LogP) is -0.394. The molecular weight excluding hydrogens is 188 g/mol.